The highest BCUT2D eigenvalue weighted by Crippen LogP contribution is 2.58. The van der Waals surface area contributed by atoms with Crippen molar-refractivity contribution in [2.24, 2.45) is 16.5 Å². The minimum atomic E-state index is -0.630. The second-order valence-electron chi connectivity index (χ2n) is 8.04. The standard InChI is InChI=1S/C23H19NO3/c1-12-9-16-18(17(10-12)26-2)20-19-21(27-24-20)15-7-8-23(19,22(16)25)11-13-5-3-4-6-14(13)15/h3-10,15,19,21H,11H2,1-2H3/t15?,19-,21-,23?/m0/s1. The van der Waals surface area contributed by atoms with E-state index >= 15 is 0 Å². The number of carbonyl (C=O) groups is 1. The van der Waals surface area contributed by atoms with Crippen molar-refractivity contribution in [3.8, 4) is 5.75 Å². The third-order valence-corrected chi connectivity index (χ3v) is 6.69. The van der Waals surface area contributed by atoms with E-state index in [1.54, 1.807) is 7.11 Å². The summed E-state index contributed by atoms with van der Waals surface area (Å²) in [4.78, 5) is 19.9. The van der Waals surface area contributed by atoms with Gasteiger partial charge in [-0.15, -0.1) is 0 Å². The molecule has 0 aromatic heterocycles. The van der Waals surface area contributed by atoms with Gasteiger partial charge < -0.3 is 9.57 Å². The van der Waals surface area contributed by atoms with Gasteiger partial charge in [0.1, 0.15) is 11.9 Å². The van der Waals surface area contributed by atoms with Crippen molar-refractivity contribution in [3.05, 3.63) is 76.4 Å². The third-order valence-electron chi connectivity index (χ3n) is 6.69. The van der Waals surface area contributed by atoms with Crippen LogP contribution in [0.3, 0.4) is 0 Å². The number of ether oxygens (including phenoxy) is 1. The zero-order valence-corrected chi connectivity index (χ0v) is 15.2. The first-order chi connectivity index (χ1) is 13.1. The van der Waals surface area contributed by atoms with E-state index in [-0.39, 0.29) is 23.7 Å². The molecular weight excluding hydrogens is 338 g/mol. The molecule has 1 aliphatic heterocycles. The van der Waals surface area contributed by atoms with Crippen molar-refractivity contribution in [2.45, 2.75) is 25.4 Å². The lowest BCUT2D eigenvalue weighted by atomic mass is 9.56. The first-order valence-electron chi connectivity index (χ1n) is 9.39. The second kappa shape index (κ2) is 4.89. The number of methoxy groups -OCH3 is 1. The smallest absolute Gasteiger partial charge is 0.174 e. The molecular formula is C23H19NO3. The summed E-state index contributed by atoms with van der Waals surface area (Å²) < 4.78 is 5.64. The summed E-state index contributed by atoms with van der Waals surface area (Å²) in [6.07, 6.45) is 4.86. The number of benzene rings is 2. The molecule has 2 aromatic carbocycles. The fourth-order valence-corrected chi connectivity index (χ4v) is 5.58. The van der Waals surface area contributed by atoms with Gasteiger partial charge in [-0.1, -0.05) is 41.6 Å². The van der Waals surface area contributed by atoms with Gasteiger partial charge >= 0.3 is 0 Å². The molecule has 5 aliphatic rings. The highest BCUT2D eigenvalue weighted by Gasteiger charge is 2.62. The molecule has 0 saturated heterocycles. The Labute approximate surface area is 157 Å². The van der Waals surface area contributed by atoms with Gasteiger partial charge in [-0.05, 0) is 42.2 Å². The van der Waals surface area contributed by atoms with E-state index in [1.165, 1.54) is 11.1 Å². The van der Waals surface area contributed by atoms with E-state index < -0.39 is 5.41 Å². The van der Waals surface area contributed by atoms with Crippen LogP contribution in [0.5, 0.6) is 5.75 Å². The molecule has 2 unspecified atom stereocenters. The molecule has 2 aromatic rings. The van der Waals surface area contributed by atoms with Gasteiger partial charge in [-0.25, -0.2) is 0 Å². The lowest BCUT2D eigenvalue weighted by Crippen LogP contribution is -2.52. The SMILES string of the molecule is COc1cc(C)cc2c1C1=NO[C@H]3C4C=CC(Cc5ccccc54)(C2=O)[C@@H]13. The van der Waals surface area contributed by atoms with Crippen LogP contribution in [0.15, 0.2) is 53.7 Å². The molecule has 1 heterocycles. The van der Waals surface area contributed by atoms with Crippen LogP contribution in [0, 0.1) is 18.3 Å². The van der Waals surface area contributed by atoms with Gasteiger partial charge in [0.15, 0.2) is 5.78 Å². The third kappa shape index (κ3) is 1.69. The zero-order chi connectivity index (χ0) is 18.3. The summed E-state index contributed by atoms with van der Waals surface area (Å²) >= 11 is 0. The van der Waals surface area contributed by atoms with E-state index in [0.717, 1.165) is 16.8 Å². The van der Waals surface area contributed by atoms with Gasteiger partial charge in [-0.3, -0.25) is 4.79 Å². The predicted molar refractivity (Wildman–Crippen MR) is 101 cm³/mol. The number of allylic oxidation sites excluding steroid dienone is 1. The summed E-state index contributed by atoms with van der Waals surface area (Å²) in [5.41, 5.74) is 5.26. The van der Waals surface area contributed by atoms with Crippen molar-refractivity contribution >= 4 is 11.5 Å². The van der Waals surface area contributed by atoms with Crippen molar-refractivity contribution in [1.82, 2.24) is 0 Å². The quantitative estimate of drug-likeness (QED) is 0.729. The molecule has 4 heteroatoms. The van der Waals surface area contributed by atoms with Crippen LogP contribution in [0.25, 0.3) is 0 Å². The number of oxime groups is 1. The molecule has 0 fully saturated rings. The molecule has 4 atom stereocenters. The number of Topliss-reactive ketones (excluding diaryl/α,β-unsaturated/α-hetero) is 1. The average Bonchev–Trinajstić information content (AvgIpc) is 3.00. The maximum Gasteiger partial charge on any atom is 0.174 e. The Hall–Kier alpha value is -2.88. The monoisotopic (exact) mass is 357 g/mol. The van der Waals surface area contributed by atoms with Crippen LogP contribution in [-0.2, 0) is 11.3 Å². The second-order valence-corrected chi connectivity index (χ2v) is 8.04. The highest BCUT2D eigenvalue weighted by molar-refractivity contribution is 6.22. The zero-order valence-electron chi connectivity index (χ0n) is 15.2. The average molecular weight is 357 g/mol. The summed E-state index contributed by atoms with van der Waals surface area (Å²) in [6, 6.07) is 12.4. The Kier molecular flexibility index (Phi) is 2.75. The van der Waals surface area contributed by atoms with Crippen LogP contribution in [-0.4, -0.2) is 24.7 Å². The van der Waals surface area contributed by atoms with E-state index in [4.69, 9.17) is 9.57 Å². The number of hydrogen-bond donors (Lipinski definition) is 0. The van der Waals surface area contributed by atoms with Crippen molar-refractivity contribution < 1.29 is 14.4 Å². The van der Waals surface area contributed by atoms with Crippen molar-refractivity contribution in [3.63, 3.8) is 0 Å². The number of carbonyl (C=O) groups excluding carboxylic acids is 1. The Balaban J connectivity index is 1.67. The largest absolute Gasteiger partial charge is 0.496 e. The van der Waals surface area contributed by atoms with Crippen LogP contribution >= 0.6 is 0 Å². The summed E-state index contributed by atoms with van der Waals surface area (Å²) in [7, 11) is 1.65. The van der Waals surface area contributed by atoms with Crippen molar-refractivity contribution in [2.75, 3.05) is 7.11 Å². The fourth-order valence-electron chi connectivity index (χ4n) is 5.58. The van der Waals surface area contributed by atoms with Crippen molar-refractivity contribution in [1.29, 1.82) is 0 Å². The Bertz CT molecular complexity index is 1080. The maximum atomic E-state index is 13.9. The normalized spacial score (nSPS) is 31.4. The number of fused-ring (bicyclic) bond motifs is 2. The molecule has 0 N–H and O–H groups in total. The lowest BCUT2D eigenvalue weighted by Gasteiger charge is -2.43. The van der Waals surface area contributed by atoms with Crippen LogP contribution in [0.1, 0.15) is 38.5 Å². The summed E-state index contributed by atoms with van der Waals surface area (Å²) in [6.45, 7) is 1.99. The van der Waals surface area contributed by atoms with E-state index in [1.807, 2.05) is 19.1 Å². The van der Waals surface area contributed by atoms with Crippen LogP contribution < -0.4 is 4.74 Å². The molecule has 0 radical (unpaired) electrons. The predicted octanol–water partition coefficient (Wildman–Crippen LogP) is 3.82. The van der Waals surface area contributed by atoms with Gasteiger partial charge in [0.25, 0.3) is 0 Å². The molecule has 7 rings (SSSR count). The van der Waals surface area contributed by atoms with E-state index in [2.05, 4.69) is 41.6 Å². The first kappa shape index (κ1) is 15.2. The molecule has 1 spiro atoms. The first-order valence-corrected chi connectivity index (χ1v) is 9.39. The number of hydrogen-bond acceptors (Lipinski definition) is 4. The number of ketones is 1. The Morgan fingerprint density at radius 1 is 1.26 bits per heavy atom. The Morgan fingerprint density at radius 3 is 2.96 bits per heavy atom. The number of rotatable bonds is 1. The van der Waals surface area contributed by atoms with Gasteiger partial charge in [0, 0.05) is 11.5 Å². The minimum absolute atomic E-state index is 0.0727. The van der Waals surface area contributed by atoms with Gasteiger partial charge in [-0.2, -0.15) is 0 Å². The maximum absolute atomic E-state index is 13.9. The topological polar surface area (TPSA) is 47.9 Å². The lowest BCUT2D eigenvalue weighted by molar-refractivity contribution is 0.0196. The number of nitrogens with zero attached hydrogens (tertiary/aromatic N) is 1. The van der Waals surface area contributed by atoms with Gasteiger partial charge in [0.05, 0.1) is 29.7 Å². The summed E-state index contributed by atoms with van der Waals surface area (Å²) in [5, 5.41) is 4.51. The molecule has 4 nitrogen and oxygen atoms in total. The fraction of sp³-hybridized carbons (Fsp3) is 0.304. The molecule has 27 heavy (non-hydrogen) atoms. The minimum Gasteiger partial charge on any atom is -0.496 e. The van der Waals surface area contributed by atoms with Crippen LogP contribution in [0.2, 0.25) is 0 Å². The molecule has 134 valence electrons. The molecule has 0 amide bonds. The summed E-state index contributed by atoms with van der Waals surface area (Å²) in [5.74, 6) is 0.911. The number of aryl methyl sites for hydroxylation is 1. The Morgan fingerprint density at radius 2 is 2.11 bits per heavy atom. The molecule has 4 aliphatic carbocycles. The molecule has 2 bridgehead atoms. The van der Waals surface area contributed by atoms with E-state index in [9.17, 15) is 4.79 Å². The van der Waals surface area contributed by atoms with Gasteiger partial charge in [0.2, 0.25) is 0 Å². The highest BCUT2D eigenvalue weighted by atomic mass is 16.6. The van der Waals surface area contributed by atoms with Crippen LogP contribution in [0.4, 0.5) is 0 Å². The molecule has 0 saturated carbocycles. The van der Waals surface area contributed by atoms with E-state index in [0.29, 0.717) is 17.7 Å².